The van der Waals surface area contributed by atoms with Gasteiger partial charge in [-0.25, -0.2) is 4.98 Å². The highest BCUT2D eigenvalue weighted by atomic mass is 16.5. The molecule has 0 unspecified atom stereocenters. The molecule has 2 bridgehead atoms. The number of ether oxygens (including phenoxy) is 1. The molecule has 0 saturated carbocycles. The Morgan fingerprint density at radius 3 is 2.83 bits per heavy atom. The van der Waals surface area contributed by atoms with Crippen LogP contribution in [-0.2, 0) is 27.9 Å². The van der Waals surface area contributed by atoms with Crippen LogP contribution in [0.2, 0.25) is 0 Å². The molecule has 30 heavy (non-hydrogen) atoms. The fourth-order valence-corrected chi connectivity index (χ4v) is 4.99. The second-order valence-electron chi connectivity index (χ2n) is 8.74. The number of aromatic nitrogens is 2. The molecule has 0 radical (unpaired) electrons. The zero-order valence-electron chi connectivity index (χ0n) is 17.7. The average molecular weight is 406 g/mol. The molecule has 7 heteroatoms. The summed E-state index contributed by atoms with van der Waals surface area (Å²) in [4.78, 5) is 34.7. The first kappa shape index (κ1) is 19.1. The Hall–Kier alpha value is -2.93. The third-order valence-corrected chi connectivity index (χ3v) is 6.86. The third kappa shape index (κ3) is 2.65. The van der Waals surface area contributed by atoms with Crippen LogP contribution in [0.1, 0.15) is 17.0 Å². The van der Waals surface area contributed by atoms with Gasteiger partial charge in [0.05, 0.1) is 31.0 Å². The van der Waals surface area contributed by atoms with E-state index in [1.165, 1.54) is 5.56 Å². The van der Waals surface area contributed by atoms with Crippen LogP contribution in [-0.4, -0.2) is 51.6 Å². The van der Waals surface area contributed by atoms with E-state index in [9.17, 15) is 9.59 Å². The summed E-state index contributed by atoms with van der Waals surface area (Å²) in [5, 5.41) is 0. The molecule has 0 aliphatic carbocycles. The van der Waals surface area contributed by atoms with E-state index in [-0.39, 0.29) is 17.9 Å². The summed E-state index contributed by atoms with van der Waals surface area (Å²) in [6.07, 6.45) is 7.16. The molecule has 3 aliphatic heterocycles. The van der Waals surface area contributed by atoms with Crippen LogP contribution in [0.4, 0.5) is 5.69 Å². The molecular formula is C23H26N4O3. The molecule has 2 amide bonds. The van der Waals surface area contributed by atoms with E-state index < -0.39 is 17.4 Å². The lowest BCUT2D eigenvalue weighted by Gasteiger charge is -2.27. The first-order valence-electron chi connectivity index (χ1n) is 10.3. The van der Waals surface area contributed by atoms with Crippen molar-refractivity contribution in [1.82, 2.24) is 14.5 Å². The number of hydrogen-bond donors (Lipinski definition) is 0. The molecule has 7 nitrogen and oxygen atoms in total. The van der Waals surface area contributed by atoms with Gasteiger partial charge in [-0.05, 0) is 37.1 Å². The molecule has 0 N–H and O–H groups in total. The second kappa shape index (κ2) is 6.54. The summed E-state index contributed by atoms with van der Waals surface area (Å²) in [7, 11) is 3.67. The van der Waals surface area contributed by atoms with Gasteiger partial charge < -0.3 is 19.1 Å². The molecule has 156 valence electrons. The maximum atomic E-state index is 13.5. The predicted molar refractivity (Wildman–Crippen MR) is 112 cm³/mol. The molecular weight excluding hydrogens is 380 g/mol. The van der Waals surface area contributed by atoms with Gasteiger partial charge in [0.15, 0.2) is 0 Å². The van der Waals surface area contributed by atoms with Crippen LogP contribution in [0.15, 0.2) is 42.7 Å². The van der Waals surface area contributed by atoms with Crippen LogP contribution >= 0.6 is 0 Å². The van der Waals surface area contributed by atoms with Crippen LogP contribution in [0, 0.1) is 25.7 Å². The minimum Gasteiger partial charge on any atom is -0.360 e. The van der Waals surface area contributed by atoms with Crippen molar-refractivity contribution in [2.75, 3.05) is 18.5 Å². The highest BCUT2D eigenvalue weighted by Gasteiger charge is 2.67. The van der Waals surface area contributed by atoms with Gasteiger partial charge in [0, 0.05) is 32.2 Å². The third-order valence-electron chi connectivity index (χ3n) is 6.86. The van der Waals surface area contributed by atoms with Gasteiger partial charge >= 0.3 is 0 Å². The van der Waals surface area contributed by atoms with Gasteiger partial charge in [0.1, 0.15) is 11.4 Å². The number of amides is 2. The summed E-state index contributed by atoms with van der Waals surface area (Å²) in [6, 6.07) is 6.03. The van der Waals surface area contributed by atoms with E-state index in [0.717, 1.165) is 17.1 Å². The molecule has 2 aromatic rings. The molecule has 2 fully saturated rings. The summed E-state index contributed by atoms with van der Waals surface area (Å²) in [5.74, 6) is -0.312. The van der Waals surface area contributed by atoms with Crippen molar-refractivity contribution < 1.29 is 14.3 Å². The van der Waals surface area contributed by atoms with Crippen molar-refractivity contribution in [2.24, 2.45) is 18.9 Å². The predicted octanol–water partition coefficient (Wildman–Crippen LogP) is 1.98. The van der Waals surface area contributed by atoms with E-state index in [0.29, 0.717) is 13.1 Å². The van der Waals surface area contributed by atoms with Crippen molar-refractivity contribution in [3.8, 4) is 0 Å². The van der Waals surface area contributed by atoms with Crippen molar-refractivity contribution in [1.29, 1.82) is 0 Å². The number of imidazole rings is 1. The fraction of sp³-hybridized carbons (Fsp3) is 0.435. The highest BCUT2D eigenvalue weighted by molar-refractivity contribution is 6.03. The molecule has 3 aliphatic rings. The second-order valence-corrected chi connectivity index (χ2v) is 8.74. The molecule has 1 aromatic heterocycles. The van der Waals surface area contributed by atoms with Gasteiger partial charge in [-0.1, -0.05) is 18.2 Å². The molecule has 1 aromatic carbocycles. The van der Waals surface area contributed by atoms with Crippen LogP contribution in [0.5, 0.6) is 0 Å². The number of rotatable bonds is 4. The van der Waals surface area contributed by atoms with Crippen molar-refractivity contribution >= 4 is 17.5 Å². The Morgan fingerprint density at radius 2 is 2.13 bits per heavy atom. The number of nitrogens with zero attached hydrogens (tertiary/aromatic N) is 4. The van der Waals surface area contributed by atoms with Gasteiger partial charge in [-0.3, -0.25) is 9.59 Å². The van der Waals surface area contributed by atoms with Crippen LogP contribution < -0.4 is 4.90 Å². The minimum atomic E-state index is -0.717. The largest absolute Gasteiger partial charge is 0.360 e. The maximum Gasteiger partial charge on any atom is 0.234 e. The summed E-state index contributed by atoms with van der Waals surface area (Å²) in [5.41, 5.74) is 2.47. The SMILES string of the molecule is Cc1ccc(N2C[C@]34C=C[C@H](O3)[C@H](C(=O)N(C)Cc3nccn3C)[C@H]4C2=O)cc1C. The number of carbonyl (C=O) groups is 2. The lowest BCUT2D eigenvalue weighted by atomic mass is 9.76. The smallest absolute Gasteiger partial charge is 0.234 e. The Bertz CT molecular complexity index is 1070. The number of hydrogen-bond acceptors (Lipinski definition) is 4. The highest BCUT2D eigenvalue weighted by Crippen LogP contribution is 2.53. The van der Waals surface area contributed by atoms with E-state index in [4.69, 9.17) is 4.74 Å². The number of anilines is 1. The minimum absolute atomic E-state index is 0.0335. The first-order valence-corrected chi connectivity index (χ1v) is 10.3. The quantitative estimate of drug-likeness (QED) is 0.729. The molecule has 2 saturated heterocycles. The lowest BCUT2D eigenvalue weighted by molar-refractivity contribution is -0.139. The lowest BCUT2D eigenvalue weighted by Crippen LogP contribution is -2.44. The number of fused-ring (bicyclic) bond motifs is 1. The Balaban J connectivity index is 1.43. The Morgan fingerprint density at radius 1 is 1.33 bits per heavy atom. The summed E-state index contributed by atoms with van der Waals surface area (Å²) >= 11 is 0. The van der Waals surface area contributed by atoms with E-state index in [2.05, 4.69) is 11.9 Å². The molecule has 1 spiro atoms. The Kier molecular flexibility index (Phi) is 4.15. The van der Waals surface area contributed by atoms with Crippen molar-refractivity contribution in [2.45, 2.75) is 32.1 Å². The Labute approximate surface area is 175 Å². The first-order chi connectivity index (χ1) is 14.3. The van der Waals surface area contributed by atoms with Gasteiger partial charge in [0.25, 0.3) is 0 Å². The van der Waals surface area contributed by atoms with Crippen molar-refractivity contribution in [3.63, 3.8) is 0 Å². The normalized spacial score (nSPS) is 29.0. The average Bonchev–Trinajstić information content (AvgIpc) is 3.46. The van der Waals surface area contributed by atoms with Gasteiger partial charge in [-0.15, -0.1) is 0 Å². The number of benzene rings is 1. The maximum absolute atomic E-state index is 13.5. The van der Waals surface area contributed by atoms with Crippen LogP contribution in [0.25, 0.3) is 0 Å². The molecule has 5 rings (SSSR count). The molecule has 4 atom stereocenters. The zero-order valence-corrected chi connectivity index (χ0v) is 17.7. The standard InChI is InChI=1S/C23H26N4O3/c1-14-5-6-16(11-15(14)2)27-13-23-8-7-17(30-23)19(20(23)22(27)29)21(28)26(4)12-18-24-9-10-25(18)3/h5-11,17,19-20H,12-13H2,1-4H3/t17-,19-,20-,23-/m0/s1. The van der Waals surface area contributed by atoms with E-state index >= 15 is 0 Å². The summed E-state index contributed by atoms with van der Waals surface area (Å²) in [6.45, 7) is 4.93. The van der Waals surface area contributed by atoms with E-state index in [1.54, 1.807) is 23.0 Å². The van der Waals surface area contributed by atoms with Gasteiger partial charge in [-0.2, -0.15) is 0 Å². The number of aryl methyl sites for hydroxylation is 3. The topological polar surface area (TPSA) is 67.7 Å². The monoisotopic (exact) mass is 406 g/mol. The number of carbonyl (C=O) groups excluding carboxylic acids is 2. The molecule has 4 heterocycles. The van der Waals surface area contributed by atoms with Crippen LogP contribution in [0.3, 0.4) is 0 Å². The van der Waals surface area contributed by atoms with Gasteiger partial charge in [0.2, 0.25) is 11.8 Å². The van der Waals surface area contributed by atoms with E-state index in [1.807, 2.05) is 55.1 Å². The van der Waals surface area contributed by atoms with Crippen molar-refractivity contribution in [3.05, 3.63) is 59.7 Å². The zero-order chi connectivity index (χ0) is 21.2. The summed E-state index contributed by atoms with van der Waals surface area (Å²) < 4.78 is 8.15. The fourth-order valence-electron chi connectivity index (χ4n) is 4.99.